The molecule has 5 rings (SSSR count). The molecule has 0 radical (unpaired) electrons. The molecule has 198 valence electrons. The number of aromatic nitrogens is 4. The van der Waals surface area contributed by atoms with E-state index in [1.54, 1.807) is 18.6 Å². The van der Waals surface area contributed by atoms with E-state index < -0.39 is 11.7 Å². The summed E-state index contributed by atoms with van der Waals surface area (Å²) in [6, 6.07) is 14.6. The SMILES string of the molecule is CC(Nc1cnc2cc(-c3cnn(C(=O)OC(C)(C)C)c3)ccc2n1)c1cccc(N2CCN(C)CC2)c1. The van der Waals surface area contributed by atoms with Gasteiger partial charge in [-0.1, -0.05) is 18.2 Å². The second-order valence-electron chi connectivity index (χ2n) is 10.9. The van der Waals surface area contributed by atoms with Crippen molar-refractivity contribution in [1.82, 2.24) is 24.6 Å². The van der Waals surface area contributed by atoms with Crippen molar-refractivity contribution < 1.29 is 9.53 Å². The highest BCUT2D eigenvalue weighted by atomic mass is 16.6. The maximum absolute atomic E-state index is 12.3. The highest BCUT2D eigenvalue weighted by molar-refractivity contribution is 5.82. The third-order valence-corrected chi connectivity index (χ3v) is 6.64. The molecule has 2 aromatic heterocycles. The minimum atomic E-state index is -0.585. The lowest BCUT2D eigenvalue weighted by molar-refractivity contribution is 0.0514. The number of piperazine rings is 1. The van der Waals surface area contributed by atoms with E-state index in [0.717, 1.165) is 54.2 Å². The van der Waals surface area contributed by atoms with E-state index in [1.165, 1.54) is 15.9 Å². The van der Waals surface area contributed by atoms with E-state index in [0.29, 0.717) is 0 Å². The van der Waals surface area contributed by atoms with Crippen LogP contribution in [0.2, 0.25) is 0 Å². The van der Waals surface area contributed by atoms with Crippen LogP contribution in [0.4, 0.5) is 16.3 Å². The molecule has 1 aliphatic rings. The Kier molecular flexibility index (Phi) is 7.03. The second-order valence-corrected chi connectivity index (χ2v) is 10.9. The smallest absolute Gasteiger partial charge is 0.435 e. The molecule has 1 saturated heterocycles. The number of likely N-dealkylation sites (N-methyl/N-ethyl adjacent to an activating group) is 1. The van der Waals surface area contributed by atoms with Gasteiger partial charge in [-0.05, 0) is 70.1 Å². The van der Waals surface area contributed by atoms with Crippen molar-refractivity contribution in [2.24, 2.45) is 0 Å². The Bertz CT molecular complexity index is 1430. The third kappa shape index (κ3) is 5.94. The Morgan fingerprint density at radius 1 is 1.00 bits per heavy atom. The van der Waals surface area contributed by atoms with Gasteiger partial charge in [0.15, 0.2) is 0 Å². The van der Waals surface area contributed by atoms with Gasteiger partial charge in [0.2, 0.25) is 0 Å². The van der Waals surface area contributed by atoms with Crippen molar-refractivity contribution in [3.05, 3.63) is 66.6 Å². The number of nitrogens with zero attached hydrogens (tertiary/aromatic N) is 6. The summed E-state index contributed by atoms with van der Waals surface area (Å²) in [6.45, 7) is 11.9. The molecular weight excluding hydrogens is 478 g/mol. The molecule has 38 heavy (non-hydrogen) atoms. The number of carbonyl (C=O) groups excluding carboxylic acids is 1. The predicted molar refractivity (Wildman–Crippen MR) is 151 cm³/mol. The Balaban J connectivity index is 1.28. The maximum Gasteiger partial charge on any atom is 0.435 e. The van der Waals surface area contributed by atoms with E-state index in [2.05, 4.69) is 63.4 Å². The standard InChI is InChI=1S/C29H35N7O2/c1-20(21-7-6-8-24(15-21)35-13-11-34(5)12-14-35)32-27-18-30-26-16-22(9-10-25(26)33-27)23-17-31-36(19-23)28(37)38-29(2,3)4/h6-10,15-20H,11-14H2,1-5H3,(H,32,33). The normalized spacial score (nSPS) is 15.4. The Morgan fingerprint density at radius 3 is 2.55 bits per heavy atom. The number of fused-ring (bicyclic) bond motifs is 1. The zero-order chi connectivity index (χ0) is 26.9. The minimum Gasteiger partial charge on any atom is -0.442 e. The van der Waals surface area contributed by atoms with Crippen LogP contribution in [-0.4, -0.2) is 69.6 Å². The lowest BCUT2D eigenvalue weighted by atomic mass is 10.1. The van der Waals surface area contributed by atoms with Gasteiger partial charge in [-0.2, -0.15) is 9.78 Å². The van der Waals surface area contributed by atoms with Gasteiger partial charge in [-0.15, -0.1) is 0 Å². The van der Waals surface area contributed by atoms with Crippen LogP contribution in [0.25, 0.3) is 22.2 Å². The van der Waals surface area contributed by atoms with Gasteiger partial charge in [0.25, 0.3) is 0 Å². The van der Waals surface area contributed by atoms with Crippen LogP contribution in [0.15, 0.2) is 61.1 Å². The lowest BCUT2D eigenvalue weighted by Gasteiger charge is -2.34. The van der Waals surface area contributed by atoms with Crippen LogP contribution in [0.1, 0.15) is 39.3 Å². The Hall–Kier alpha value is -3.98. The largest absolute Gasteiger partial charge is 0.442 e. The average Bonchev–Trinajstić information content (AvgIpc) is 3.39. The van der Waals surface area contributed by atoms with Crippen LogP contribution in [0.3, 0.4) is 0 Å². The van der Waals surface area contributed by atoms with Crippen LogP contribution >= 0.6 is 0 Å². The summed E-state index contributed by atoms with van der Waals surface area (Å²) in [4.78, 5) is 26.5. The van der Waals surface area contributed by atoms with Crippen LogP contribution in [0, 0.1) is 0 Å². The second kappa shape index (κ2) is 10.4. The van der Waals surface area contributed by atoms with Gasteiger partial charge >= 0.3 is 6.09 Å². The fourth-order valence-electron chi connectivity index (χ4n) is 4.50. The molecular formula is C29H35N7O2. The van der Waals surface area contributed by atoms with Gasteiger partial charge in [0, 0.05) is 43.6 Å². The van der Waals surface area contributed by atoms with Crippen LogP contribution in [-0.2, 0) is 4.74 Å². The number of ether oxygens (including phenoxy) is 1. The summed E-state index contributed by atoms with van der Waals surface area (Å²) in [5, 5.41) is 7.67. The average molecular weight is 514 g/mol. The van der Waals surface area contributed by atoms with Gasteiger partial charge in [0.1, 0.15) is 11.4 Å². The third-order valence-electron chi connectivity index (χ3n) is 6.64. The summed E-state index contributed by atoms with van der Waals surface area (Å²) in [5.74, 6) is 0.723. The van der Waals surface area contributed by atoms with E-state index in [9.17, 15) is 4.79 Å². The summed E-state index contributed by atoms with van der Waals surface area (Å²) in [6.07, 6.45) is 4.56. The number of anilines is 2. The molecule has 3 heterocycles. The molecule has 1 unspecified atom stereocenters. The predicted octanol–water partition coefficient (Wildman–Crippen LogP) is 5.20. The van der Waals surface area contributed by atoms with Gasteiger partial charge in [-0.25, -0.2) is 9.78 Å². The van der Waals surface area contributed by atoms with E-state index in [-0.39, 0.29) is 6.04 Å². The van der Waals surface area contributed by atoms with E-state index in [4.69, 9.17) is 9.72 Å². The highest BCUT2D eigenvalue weighted by Crippen LogP contribution is 2.26. The molecule has 1 atom stereocenters. The number of hydrogen-bond acceptors (Lipinski definition) is 8. The monoisotopic (exact) mass is 513 g/mol. The molecule has 0 aliphatic carbocycles. The highest BCUT2D eigenvalue weighted by Gasteiger charge is 2.19. The zero-order valence-corrected chi connectivity index (χ0v) is 22.7. The molecule has 1 aliphatic heterocycles. The van der Waals surface area contributed by atoms with Crippen molar-refractivity contribution in [2.45, 2.75) is 39.3 Å². The molecule has 0 bridgehead atoms. The fourth-order valence-corrected chi connectivity index (χ4v) is 4.50. The Morgan fingerprint density at radius 2 is 1.79 bits per heavy atom. The Labute approximate surface area is 223 Å². The van der Waals surface area contributed by atoms with E-state index >= 15 is 0 Å². The minimum absolute atomic E-state index is 0.0760. The maximum atomic E-state index is 12.3. The number of hydrogen-bond donors (Lipinski definition) is 1. The topological polar surface area (TPSA) is 88.4 Å². The van der Waals surface area contributed by atoms with Crippen molar-refractivity contribution in [3.8, 4) is 11.1 Å². The number of rotatable bonds is 5. The van der Waals surface area contributed by atoms with Crippen LogP contribution in [0.5, 0.6) is 0 Å². The first-order valence-electron chi connectivity index (χ1n) is 13.0. The quantitative estimate of drug-likeness (QED) is 0.390. The lowest BCUT2D eigenvalue weighted by Crippen LogP contribution is -2.44. The number of nitrogens with one attached hydrogen (secondary N) is 1. The van der Waals surface area contributed by atoms with Gasteiger partial charge < -0.3 is 19.9 Å². The summed E-state index contributed by atoms with van der Waals surface area (Å²) in [5.41, 5.74) is 5.14. The molecule has 0 spiro atoms. The molecule has 9 nitrogen and oxygen atoms in total. The number of benzene rings is 2. The van der Waals surface area contributed by atoms with Crippen molar-refractivity contribution in [3.63, 3.8) is 0 Å². The van der Waals surface area contributed by atoms with Crippen molar-refractivity contribution in [1.29, 1.82) is 0 Å². The summed E-state index contributed by atoms with van der Waals surface area (Å²) >= 11 is 0. The summed E-state index contributed by atoms with van der Waals surface area (Å²) < 4.78 is 6.60. The molecule has 2 aromatic carbocycles. The molecule has 1 N–H and O–H groups in total. The van der Waals surface area contributed by atoms with Crippen molar-refractivity contribution >= 4 is 28.6 Å². The molecule has 4 aromatic rings. The first kappa shape index (κ1) is 25.7. The molecule has 0 saturated carbocycles. The summed E-state index contributed by atoms with van der Waals surface area (Å²) in [7, 11) is 2.17. The van der Waals surface area contributed by atoms with E-state index in [1.807, 2.05) is 39.0 Å². The van der Waals surface area contributed by atoms with Crippen molar-refractivity contribution in [2.75, 3.05) is 43.4 Å². The van der Waals surface area contributed by atoms with Gasteiger partial charge in [-0.3, -0.25) is 4.98 Å². The molecule has 9 heteroatoms. The fraction of sp³-hybridized carbons (Fsp3) is 0.379. The molecule has 0 amide bonds. The number of carbonyl (C=O) groups is 1. The first-order valence-corrected chi connectivity index (χ1v) is 13.0. The first-order chi connectivity index (χ1) is 18.1. The van der Waals surface area contributed by atoms with Crippen LogP contribution < -0.4 is 10.2 Å². The van der Waals surface area contributed by atoms with Gasteiger partial charge in [0.05, 0.1) is 29.5 Å². The zero-order valence-electron chi connectivity index (χ0n) is 22.7. The molecule has 1 fully saturated rings.